The molecule has 2 aliphatic rings. The van der Waals surface area contributed by atoms with E-state index >= 15 is 0 Å². The highest BCUT2D eigenvalue weighted by molar-refractivity contribution is 7.22. The molecular formula is C21H19N3O3S. The summed E-state index contributed by atoms with van der Waals surface area (Å²) in [5.41, 5.74) is 0.845. The predicted octanol–water partition coefficient (Wildman–Crippen LogP) is 3.56. The lowest BCUT2D eigenvalue weighted by Gasteiger charge is -2.19. The Morgan fingerprint density at radius 2 is 1.79 bits per heavy atom. The van der Waals surface area contributed by atoms with Crippen molar-refractivity contribution in [3.05, 3.63) is 36.4 Å². The summed E-state index contributed by atoms with van der Waals surface area (Å²) >= 11 is 1.39. The van der Waals surface area contributed by atoms with E-state index in [-0.39, 0.29) is 36.1 Å². The molecule has 1 saturated heterocycles. The van der Waals surface area contributed by atoms with Crippen LogP contribution in [-0.4, -0.2) is 34.2 Å². The number of aromatic nitrogens is 1. The minimum absolute atomic E-state index is 0.194. The molecule has 2 aromatic carbocycles. The topological polar surface area (TPSA) is 79.4 Å². The van der Waals surface area contributed by atoms with E-state index < -0.39 is 0 Å². The lowest BCUT2D eigenvalue weighted by molar-refractivity contribution is -0.142. The molecule has 5 rings (SSSR count). The summed E-state index contributed by atoms with van der Waals surface area (Å²) < 4.78 is 0.980. The number of benzene rings is 2. The molecule has 1 aromatic heterocycles. The van der Waals surface area contributed by atoms with Crippen molar-refractivity contribution in [2.45, 2.75) is 25.7 Å². The Labute approximate surface area is 165 Å². The van der Waals surface area contributed by atoms with E-state index in [4.69, 9.17) is 0 Å². The summed E-state index contributed by atoms with van der Waals surface area (Å²) in [5.74, 6) is -1.24. The third kappa shape index (κ3) is 2.77. The summed E-state index contributed by atoms with van der Waals surface area (Å²) in [5, 5.41) is 5.37. The second-order valence-corrected chi connectivity index (χ2v) is 8.49. The maximum absolute atomic E-state index is 12.5. The van der Waals surface area contributed by atoms with E-state index in [9.17, 15) is 14.4 Å². The van der Waals surface area contributed by atoms with E-state index in [0.29, 0.717) is 5.13 Å². The number of likely N-dealkylation sites (tertiary alicyclic amines) is 1. The van der Waals surface area contributed by atoms with Gasteiger partial charge in [0, 0.05) is 5.39 Å². The van der Waals surface area contributed by atoms with Gasteiger partial charge < -0.3 is 5.32 Å². The number of thiazole rings is 1. The monoisotopic (exact) mass is 393 g/mol. The summed E-state index contributed by atoms with van der Waals surface area (Å²) in [6.07, 6.45) is 3.44. The quantitative estimate of drug-likeness (QED) is 0.690. The first-order valence-corrected chi connectivity index (χ1v) is 10.4. The van der Waals surface area contributed by atoms with Gasteiger partial charge in [-0.25, -0.2) is 4.98 Å². The Kier molecular flexibility index (Phi) is 4.12. The van der Waals surface area contributed by atoms with E-state index in [2.05, 4.69) is 10.3 Å². The molecule has 142 valence electrons. The third-order valence-corrected chi connectivity index (χ3v) is 6.70. The second-order valence-electron chi connectivity index (χ2n) is 7.46. The molecule has 2 fully saturated rings. The number of imide groups is 1. The number of rotatable bonds is 3. The van der Waals surface area contributed by atoms with Crippen molar-refractivity contribution in [3.63, 3.8) is 0 Å². The number of nitrogens with zero attached hydrogens (tertiary/aromatic N) is 2. The zero-order chi connectivity index (χ0) is 19.3. The molecule has 7 heteroatoms. The SMILES string of the molecule is O=C(CN1C(=O)[C@H]2CCCC[C@@H]2C1=O)Nc1nc2c(ccc3ccccc32)s1. The molecular weight excluding hydrogens is 374 g/mol. The number of anilines is 1. The minimum Gasteiger partial charge on any atom is -0.300 e. The maximum atomic E-state index is 12.5. The first-order valence-electron chi connectivity index (χ1n) is 9.55. The van der Waals surface area contributed by atoms with Crippen LogP contribution in [0.1, 0.15) is 25.7 Å². The lowest BCUT2D eigenvalue weighted by atomic mass is 9.81. The van der Waals surface area contributed by atoms with Crippen LogP contribution in [0.15, 0.2) is 36.4 Å². The van der Waals surface area contributed by atoms with Crippen molar-refractivity contribution in [1.82, 2.24) is 9.88 Å². The Bertz CT molecular complexity index is 1100. The van der Waals surface area contributed by atoms with Crippen molar-refractivity contribution in [2.75, 3.05) is 11.9 Å². The number of carbonyl (C=O) groups is 3. The van der Waals surface area contributed by atoms with Crippen LogP contribution in [-0.2, 0) is 14.4 Å². The molecule has 0 spiro atoms. The largest absolute Gasteiger partial charge is 0.300 e. The van der Waals surface area contributed by atoms with Gasteiger partial charge in [-0.05, 0) is 24.3 Å². The summed E-state index contributed by atoms with van der Waals surface area (Å²) in [7, 11) is 0. The summed E-state index contributed by atoms with van der Waals surface area (Å²) in [6.45, 7) is -0.235. The molecule has 0 unspecified atom stereocenters. The molecule has 3 amide bonds. The van der Waals surface area contributed by atoms with Crippen molar-refractivity contribution >= 4 is 55.2 Å². The van der Waals surface area contributed by atoms with Crippen molar-refractivity contribution in [2.24, 2.45) is 11.8 Å². The van der Waals surface area contributed by atoms with Crippen LogP contribution in [0.5, 0.6) is 0 Å². The fourth-order valence-corrected chi connectivity index (χ4v) is 5.30. The van der Waals surface area contributed by atoms with Gasteiger partial charge in [-0.15, -0.1) is 0 Å². The fraction of sp³-hybridized carbons (Fsp3) is 0.333. The third-order valence-electron chi connectivity index (χ3n) is 5.76. The maximum Gasteiger partial charge on any atom is 0.246 e. The zero-order valence-electron chi connectivity index (χ0n) is 15.2. The van der Waals surface area contributed by atoms with Crippen molar-refractivity contribution in [1.29, 1.82) is 0 Å². The Hall–Kier alpha value is -2.80. The molecule has 1 aliphatic carbocycles. The van der Waals surface area contributed by atoms with E-state index in [1.807, 2.05) is 36.4 Å². The fourth-order valence-electron chi connectivity index (χ4n) is 4.40. The summed E-state index contributed by atoms with van der Waals surface area (Å²) in [4.78, 5) is 43.3. The minimum atomic E-state index is -0.385. The second kappa shape index (κ2) is 6.67. The molecule has 6 nitrogen and oxygen atoms in total. The van der Waals surface area contributed by atoms with Crippen molar-refractivity contribution < 1.29 is 14.4 Å². The number of fused-ring (bicyclic) bond motifs is 4. The van der Waals surface area contributed by atoms with Gasteiger partial charge in [-0.1, -0.05) is 54.5 Å². The van der Waals surface area contributed by atoms with Gasteiger partial charge >= 0.3 is 0 Å². The molecule has 1 saturated carbocycles. The average molecular weight is 393 g/mol. The molecule has 2 heterocycles. The lowest BCUT2D eigenvalue weighted by Crippen LogP contribution is -2.38. The van der Waals surface area contributed by atoms with Crippen LogP contribution in [0, 0.1) is 11.8 Å². The van der Waals surface area contributed by atoms with Gasteiger partial charge in [0.2, 0.25) is 17.7 Å². The standard InChI is InChI=1S/C21H19N3O3S/c25-17(11-24-19(26)14-7-3-4-8-15(14)20(24)27)22-21-23-18-13-6-2-1-5-12(13)9-10-16(18)28-21/h1-2,5-6,9-10,14-15H,3-4,7-8,11H2,(H,22,23,25)/t14-,15-/m0/s1. The zero-order valence-corrected chi connectivity index (χ0v) is 16.0. The Balaban J connectivity index is 1.35. The number of carbonyl (C=O) groups excluding carboxylic acids is 3. The first kappa shape index (κ1) is 17.3. The molecule has 1 N–H and O–H groups in total. The molecule has 1 aliphatic heterocycles. The average Bonchev–Trinajstić information content (AvgIpc) is 3.23. The van der Waals surface area contributed by atoms with E-state index in [0.717, 1.165) is 51.6 Å². The van der Waals surface area contributed by atoms with Crippen LogP contribution in [0.4, 0.5) is 5.13 Å². The summed E-state index contributed by atoms with van der Waals surface area (Å²) in [6, 6.07) is 12.0. The first-order chi connectivity index (χ1) is 13.6. The van der Waals surface area contributed by atoms with Gasteiger partial charge in [-0.2, -0.15) is 0 Å². The highest BCUT2D eigenvalue weighted by atomic mass is 32.1. The molecule has 28 heavy (non-hydrogen) atoms. The number of nitrogens with one attached hydrogen (secondary N) is 1. The van der Waals surface area contributed by atoms with Crippen LogP contribution >= 0.6 is 11.3 Å². The normalized spacial score (nSPS) is 22.1. The van der Waals surface area contributed by atoms with Crippen LogP contribution < -0.4 is 5.32 Å². The van der Waals surface area contributed by atoms with E-state index in [1.54, 1.807) is 0 Å². The van der Waals surface area contributed by atoms with Crippen LogP contribution in [0.3, 0.4) is 0 Å². The highest BCUT2D eigenvalue weighted by Crippen LogP contribution is 2.38. The highest BCUT2D eigenvalue weighted by Gasteiger charge is 2.48. The van der Waals surface area contributed by atoms with Gasteiger partial charge in [-0.3, -0.25) is 19.3 Å². The predicted molar refractivity (Wildman–Crippen MR) is 108 cm³/mol. The smallest absolute Gasteiger partial charge is 0.246 e. The molecule has 0 bridgehead atoms. The Morgan fingerprint density at radius 3 is 2.54 bits per heavy atom. The van der Waals surface area contributed by atoms with Gasteiger partial charge in [0.15, 0.2) is 5.13 Å². The molecule has 3 aromatic rings. The van der Waals surface area contributed by atoms with Crippen LogP contribution in [0.25, 0.3) is 21.0 Å². The number of amides is 3. The molecule has 2 atom stereocenters. The number of hydrogen-bond acceptors (Lipinski definition) is 5. The molecule has 0 radical (unpaired) electrons. The van der Waals surface area contributed by atoms with Gasteiger partial charge in [0.05, 0.1) is 22.1 Å². The number of hydrogen-bond donors (Lipinski definition) is 1. The van der Waals surface area contributed by atoms with Gasteiger partial charge in [0.1, 0.15) is 6.54 Å². The van der Waals surface area contributed by atoms with Gasteiger partial charge in [0.25, 0.3) is 0 Å². The van der Waals surface area contributed by atoms with Crippen molar-refractivity contribution in [3.8, 4) is 0 Å². The Morgan fingerprint density at radius 1 is 1.07 bits per heavy atom. The van der Waals surface area contributed by atoms with E-state index in [1.165, 1.54) is 11.3 Å². The van der Waals surface area contributed by atoms with Crippen LogP contribution in [0.2, 0.25) is 0 Å².